The highest BCUT2D eigenvalue weighted by molar-refractivity contribution is 5.96. The summed E-state index contributed by atoms with van der Waals surface area (Å²) < 4.78 is 4.95. The summed E-state index contributed by atoms with van der Waals surface area (Å²) in [6.07, 6.45) is 8.37. The van der Waals surface area contributed by atoms with Gasteiger partial charge in [0.15, 0.2) is 0 Å². The Morgan fingerprint density at radius 3 is 2.45 bits per heavy atom. The summed E-state index contributed by atoms with van der Waals surface area (Å²) in [4.78, 5) is 27.5. The molecule has 40 heavy (non-hydrogen) atoms. The zero-order valence-electron chi connectivity index (χ0n) is 23.6. The van der Waals surface area contributed by atoms with Gasteiger partial charge in [-0.05, 0) is 84.8 Å². The molecule has 3 aromatic rings. The van der Waals surface area contributed by atoms with Gasteiger partial charge in [-0.2, -0.15) is 5.26 Å². The number of esters is 1. The van der Waals surface area contributed by atoms with E-state index in [2.05, 4.69) is 17.5 Å². The lowest BCUT2D eigenvalue weighted by molar-refractivity contribution is -0.137. The summed E-state index contributed by atoms with van der Waals surface area (Å²) in [5.74, 6) is -0.396. The van der Waals surface area contributed by atoms with Gasteiger partial charge in [0.25, 0.3) is 0 Å². The lowest BCUT2D eigenvalue weighted by Gasteiger charge is -2.36. The molecule has 0 aliphatic heterocycles. The molecule has 0 bridgehead atoms. The molecule has 1 aliphatic carbocycles. The Morgan fingerprint density at radius 2 is 1.77 bits per heavy atom. The van der Waals surface area contributed by atoms with Crippen LogP contribution in [0.1, 0.15) is 55.7 Å². The summed E-state index contributed by atoms with van der Waals surface area (Å²) in [7, 11) is 4.00. The van der Waals surface area contributed by atoms with E-state index in [4.69, 9.17) is 4.74 Å². The molecule has 0 spiro atoms. The van der Waals surface area contributed by atoms with E-state index in [0.717, 1.165) is 60.0 Å². The van der Waals surface area contributed by atoms with Crippen molar-refractivity contribution in [2.45, 2.75) is 45.4 Å². The lowest BCUT2D eigenvalue weighted by atomic mass is 9.69. The second kappa shape index (κ2) is 13.1. The van der Waals surface area contributed by atoms with E-state index in [1.165, 1.54) is 6.08 Å². The Hall–Kier alpha value is -4.37. The second-order valence-corrected chi connectivity index (χ2v) is 10.6. The summed E-state index contributed by atoms with van der Waals surface area (Å²) in [5.41, 5.74) is 5.55. The Kier molecular flexibility index (Phi) is 9.39. The van der Waals surface area contributed by atoms with E-state index in [9.17, 15) is 14.9 Å². The van der Waals surface area contributed by atoms with Gasteiger partial charge in [0.05, 0.1) is 23.7 Å². The van der Waals surface area contributed by atoms with Gasteiger partial charge in [0.1, 0.15) is 0 Å². The first-order valence-electron chi connectivity index (χ1n) is 13.9. The molecule has 1 fully saturated rings. The average molecular weight is 536 g/mol. The van der Waals surface area contributed by atoms with Gasteiger partial charge in [-0.15, -0.1) is 0 Å². The highest BCUT2D eigenvalue weighted by Gasteiger charge is 2.39. The summed E-state index contributed by atoms with van der Waals surface area (Å²) in [5, 5.41) is 13.1. The molecule has 0 radical (unpaired) electrons. The molecular weight excluding hydrogens is 498 g/mol. The zero-order chi connectivity index (χ0) is 28.5. The molecule has 3 aromatic carbocycles. The third-order valence-electron chi connectivity index (χ3n) is 7.58. The van der Waals surface area contributed by atoms with Crippen LogP contribution in [-0.2, 0) is 20.7 Å². The number of carbonyl (C=O) groups excluding carboxylic acids is 2. The number of nitrogens with one attached hydrogen (secondary N) is 1. The van der Waals surface area contributed by atoms with E-state index < -0.39 is 11.4 Å². The van der Waals surface area contributed by atoms with Crippen LogP contribution in [0.15, 0.2) is 72.8 Å². The maximum absolute atomic E-state index is 13.8. The second-order valence-electron chi connectivity index (χ2n) is 10.6. The van der Waals surface area contributed by atoms with Crippen molar-refractivity contribution in [3.8, 4) is 17.2 Å². The molecule has 0 unspecified atom stereocenters. The molecule has 1 amide bonds. The molecule has 0 saturated heterocycles. The number of hydrogen-bond acceptors (Lipinski definition) is 5. The molecule has 0 aromatic heterocycles. The van der Waals surface area contributed by atoms with Gasteiger partial charge in [-0.1, -0.05) is 55.7 Å². The number of hydrogen-bond donors (Lipinski definition) is 1. The van der Waals surface area contributed by atoms with Crippen LogP contribution in [0, 0.1) is 16.7 Å². The topological polar surface area (TPSA) is 82.4 Å². The van der Waals surface area contributed by atoms with Crippen molar-refractivity contribution >= 4 is 29.3 Å². The fourth-order valence-electron chi connectivity index (χ4n) is 5.43. The number of benzene rings is 3. The van der Waals surface area contributed by atoms with E-state index >= 15 is 0 Å². The van der Waals surface area contributed by atoms with Gasteiger partial charge < -0.3 is 15.0 Å². The van der Waals surface area contributed by atoms with Crippen LogP contribution < -0.4 is 10.2 Å². The Bertz CT molecular complexity index is 1410. The van der Waals surface area contributed by atoms with Gasteiger partial charge in [0.2, 0.25) is 5.91 Å². The SMILES string of the molecule is CCOC(=O)/C=C/c1cccc(NC(=O)C2(Cc3ccc(-c4ccc(N(C)C)cc4)c(C#N)c3)CCCCC2)c1. The van der Waals surface area contributed by atoms with Crippen LogP contribution in [0.4, 0.5) is 11.4 Å². The third kappa shape index (κ3) is 6.98. The highest BCUT2D eigenvalue weighted by atomic mass is 16.5. The van der Waals surface area contributed by atoms with Crippen molar-refractivity contribution in [3.63, 3.8) is 0 Å². The smallest absolute Gasteiger partial charge is 0.330 e. The van der Waals surface area contributed by atoms with Crippen molar-refractivity contribution in [2.75, 3.05) is 30.9 Å². The number of rotatable bonds is 9. The Balaban J connectivity index is 1.55. The fourth-order valence-corrected chi connectivity index (χ4v) is 5.43. The molecule has 1 saturated carbocycles. The van der Waals surface area contributed by atoms with Crippen LogP contribution in [0.2, 0.25) is 0 Å². The summed E-state index contributed by atoms with van der Waals surface area (Å²) in [6, 6.07) is 24.0. The maximum atomic E-state index is 13.8. The van der Waals surface area contributed by atoms with Crippen LogP contribution in [0.25, 0.3) is 17.2 Å². The van der Waals surface area contributed by atoms with E-state index in [-0.39, 0.29) is 5.91 Å². The van der Waals surface area contributed by atoms with Crippen molar-refractivity contribution < 1.29 is 14.3 Å². The fraction of sp³-hybridized carbons (Fsp3) is 0.324. The van der Waals surface area contributed by atoms with Crippen LogP contribution in [0.3, 0.4) is 0 Å². The summed E-state index contributed by atoms with van der Waals surface area (Å²) >= 11 is 0. The van der Waals surface area contributed by atoms with Crippen molar-refractivity contribution in [3.05, 3.63) is 89.5 Å². The number of amides is 1. The molecule has 6 nitrogen and oxygen atoms in total. The Morgan fingerprint density at radius 1 is 1.02 bits per heavy atom. The quantitative estimate of drug-likeness (QED) is 0.236. The minimum atomic E-state index is -0.545. The van der Waals surface area contributed by atoms with Gasteiger partial charge in [-0.25, -0.2) is 4.79 Å². The summed E-state index contributed by atoms with van der Waals surface area (Å²) in [6.45, 7) is 2.09. The standard InChI is InChI=1S/C34H37N3O3/c1-4-40-32(38)18-12-25-9-8-10-29(22-25)36-33(39)34(19-6-5-7-20-34)23-26-11-17-31(28(21-26)24-35)27-13-15-30(16-14-27)37(2)3/h8-18,21-22H,4-7,19-20,23H2,1-3H3,(H,36,39)/b18-12+. The van der Waals surface area contributed by atoms with Crippen molar-refractivity contribution in [1.29, 1.82) is 5.26 Å². The third-order valence-corrected chi connectivity index (χ3v) is 7.58. The number of ether oxygens (including phenoxy) is 1. The Labute approximate surface area is 237 Å². The van der Waals surface area contributed by atoms with Crippen LogP contribution in [-0.4, -0.2) is 32.6 Å². The molecule has 6 heteroatoms. The zero-order valence-corrected chi connectivity index (χ0v) is 23.6. The van der Waals surface area contributed by atoms with E-state index in [1.54, 1.807) is 13.0 Å². The average Bonchev–Trinajstić information content (AvgIpc) is 2.97. The maximum Gasteiger partial charge on any atom is 0.330 e. The molecule has 206 valence electrons. The first-order chi connectivity index (χ1) is 19.3. The molecule has 1 aliphatic rings. The number of nitrogens with zero attached hydrogens (tertiary/aromatic N) is 2. The first-order valence-corrected chi connectivity index (χ1v) is 13.9. The number of nitriles is 1. The van der Waals surface area contributed by atoms with Crippen LogP contribution >= 0.6 is 0 Å². The largest absolute Gasteiger partial charge is 0.463 e. The first kappa shape index (κ1) is 28.6. The van der Waals surface area contributed by atoms with E-state index in [1.807, 2.05) is 79.7 Å². The van der Waals surface area contributed by atoms with E-state index in [0.29, 0.717) is 24.3 Å². The van der Waals surface area contributed by atoms with Crippen molar-refractivity contribution in [2.24, 2.45) is 5.41 Å². The van der Waals surface area contributed by atoms with Gasteiger partial charge in [-0.3, -0.25) is 4.79 Å². The predicted molar refractivity (Wildman–Crippen MR) is 161 cm³/mol. The highest BCUT2D eigenvalue weighted by Crippen LogP contribution is 2.41. The minimum Gasteiger partial charge on any atom is -0.463 e. The van der Waals surface area contributed by atoms with Crippen molar-refractivity contribution in [1.82, 2.24) is 0 Å². The lowest BCUT2D eigenvalue weighted by Crippen LogP contribution is -2.40. The molecule has 0 heterocycles. The monoisotopic (exact) mass is 535 g/mol. The van der Waals surface area contributed by atoms with Crippen LogP contribution in [0.5, 0.6) is 0 Å². The predicted octanol–water partition coefficient (Wildman–Crippen LogP) is 7.00. The molecule has 4 rings (SSSR count). The molecule has 1 N–H and O–H groups in total. The number of carbonyl (C=O) groups is 2. The number of anilines is 2. The normalized spacial score (nSPS) is 14.3. The molecule has 0 atom stereocenters. The van der Waals surface area contributed by atoms with Gasteiger partial charge >= 0.3 is 5.97 Å². The molecular formula is C34H37N3O3. The minimum absolute atomic E-state index is 0.000538. The van der Waals surface area contributed by atoms with Gasteiger partial charge in [0, 0.05) is 31.5 Å².